The lowest BCUT2D eigenvalue weighted by molar-refractivity contribution is -0.131. The molecule has 0 spiro atoms. The molecule has 0 saturated heterocycles. The molecule has 0 aliphatic heterocycles. The summed E-state index contributed by atoms with van der Waals surface area (Å²) in [5, 5.41) is 2.81. The summed E-state index contributed by atoms with van der Waals surface area (Å²) >= 11 is 0. The Hall–Kier alpha value is -0.860. The second-order valence-corrected chi connectivity index (χ2v) is 4.94. The number of carbonyl (C=O) groups is 2. The highest BCUT2D eigenvalue weighted by atomic mass is 18.1. The van der Waals surface area contributed by atoms with Gasteiger partial charge < -0.3 is 5.32 Å². The Labute approximate surface area is 92.6 Å². The number of amides is 1. The van der Waals surface area contributed by atoms with E-state index in [1.54, 1.807) is 0 Å². The van der Waals surface area contributed by atoms with Crippen LogP contribution in [-0.2, 0) is 9.59 Å². The first-order valence-corrected chi connectivity index (χ1v) is 5.61. The molecule has 0 heterocycles. The first-order chi connectivity index (χ1) is 6.77. The third-order valence-electron chi connectivity index (χ3n) is 2.36. The van der Waals surface area contributed by atoms with Crippen molar-refractivity contribution in [2.24, 2.45) is 17.8 Å². The molecule has 0 radical (unpaired) electrons. The van der Waals surface area contributed by atoms with Gasteiger partial charge in [-0.3, -0.25) is 9.59 Å². The van der Waals surface area contributed by atoms with Gasteiger partial charge in [-0.15, -0.1) is 0 Å². The SMILES string of the molecule is CC(C)C(=O)C(N[13C](=[18O])C(C)C)C(C)C. The number of hydrogen-bond acceptors (Lipinski definition) is 2. The number of ketones is 1. The third kappa shape index (κ3) is 4.45. The minimum absolute atomic E-state index is 0.0372. The fourth-order valence-corrected chi connectivity index (χ4v) is 1.25. The maximum absolute atomic E-state index is 11.8. The normalized spacial score (nSPS) is 13.4. The standard InChI is InChI=1S/C12H23NO2/c1-7(2)10(11(14)8(3)4)13-12(15)9(5)6/h7-10H,1-6H3,(H,13,15)/i12+1,15+2. The average Bonchev–Trinajstić information content (AvgIpc) is 2.11. The zero-order valence-corrected chi connectivity index (χ0v) is 10.6. The summed E-state index contributed by atoms with van der Waals surface area (Å²) in [6.45, 7) is 11.3. The van der Waals surface area contributed by atoms with Crippen LogP contribution in [0.5, 0.6) is 0 Å². The lowest BCUT2D eigenvalue weighted by Gasteiger charge is -2.23. The Morgan fingerprint density at radius 1 is 1.00 bits per heavy atom. The highest BCUT2D eigenvalue weighted by molar-refractivity contribution is 5.90. The highest BCUT2D eigenvalue weighted by Crippen LogP contribution is 2.10. The maximum atomic E-state index is 11.8. The van der Waals surface area contributed by atoms with E-state index in [-0.39, 0.29) is 35.5 Å². The van der Waals surface area contributed by atoms with Crippen molar-refractivity contribution < 1.29 is 9.59 Å². The van der Waals surface area contributed by atoms with Gasteiger partial charge in [0, 0.05) is 11.8 Å². The van der Waals surface area contributed by atoms with E-state index in [9.17, 15) is 9.59 Å². The van der Waals surface area contributed by atoms with Crippen molar-refractivity contribution in [3.05, 3.63) is 0 Å². The predicted molar refractivity (Wildman–Crippen MR) is 61.5 cm³/mol. The summed E-state index contributed by atoms with van der Waals surface area (Å²) in [6, 6.07) is -0.347. The molecule has 1 unspecified atom stereocenters. The van der Waals surface area contributed by atoms with E-state index < -0.39 is 0 Å². The van der Waals surface area contributed by atoms with Crippen molar-refractivity contribution in [1.82, 2.24) is 5.32 Å². The topological polar surface area (TPSA) is 46.2 Å². The van der Waals surface area contributed by atoms with Gasteiger partial charge in [-0.1, -0.05) is 41.5 Å². The van der Waals surface area contributed by atoms with Crippen LogP contribution in [0.1, 0.15) is 41.5 Å². The first-order valence-electron chi connectivity index (χ1n) is 5.61. The largest absolute Gasteiger partial charge is 0.346 e. The van der Waals surface area contributed by atoms with Crippen molar-refractivity contribution in [2.75, 3.05) is 0 Å². The van der Waals surface area contributed by atoms with Crippen molar-refractivity contribution in [3.8, 4) is 0 Å². The lowest BCUT2D eigenvalue weighted by atomic mass is 9.93. The minimum atomic E-state index is -0.347. The van der Waals surface area contributed by atoms with E-state index in [1.165, 1.54) is 0 Å². The molecule has 1 amide bonds. The Kier molecular flexibility index (Phi) is 5.55. The Morgan fingerprint density at radius 2 is 1.47 bits per heavy atom. The summed E-state index contributed by atoms with van der Waals surface area (Å²) in [7, 11) is 0. The van der Waals surface area contributed by atoms with Gasteiger partial charge >= 0.3 is 0 Å². The van der Waals surface area contributed by atoms with Crippen LogP contribution in [0.4, 0.5) is 0 Å². The van der Waals surface area contributed by atoms with Gasteiger partial charge in [-0.05, 0) is 5.92 Å². The molecule has 0 aromatic rings. The number of carbonyl (C=O) groups excluding carboxylic acids is 2. The highest BCUT2D eigenvalue weighted by Gasteiger charge is 2.26. The van der Waals surface area contributed by atoms with Crippen molar-refractivity contribution >= 4 is 11.7 Å². The molecule has 0 fully saturated rings. The molecule has 0 saturated carbocycles. The van der Waals surface area contributed by atoms with E-state index in [1.807, 2.05) is 41.5 Å². The fraction of sp³-hybridized carbons (Fsp3) is 0.833. The summed E-state index contributed by atoms with van der Waals surface area (Å²) < 4.78 is 0. The van der Waals surface area contributed by atoms with Crippen molar-refractivity contribution in [1.29, 1.82) is 0 Å². The average molecular weight is 216 g/mol. The molecule has 3 heteroatoms. The molecular weight excluding hydrogens is 193 g/mol. The van der Waals surface area contributed by atoms with Gasteiger partial charge in [-0.25, -0.2) is 0 Å². The summed E-state index contributed by atoms with van der Waals surface area (Å²) in [5.41, 5.74) is 0. The van der Waals surface area contributed by atoms with Gasteiger partial charge in [-0.2, -0.15) is 0 Å². The maximum Gasteiger partial charge on any atom is 0.223 e. The smallest absolute Gasteiger partial charge is 0.223 e. The van der Waals surface area contributed by atoms with Gasteiger partial charge in [0.25, 0.3) is 0 Å². The molecule has 1 N–H and O–H groups in total. The molecule has 3 nitrogen and oxygen atoms in total. The van der Waals surface area contributed by atoms with Crippen LogP contribution in [0.2, 0.25) is 0 Å². The Bertz CT molecular complexity index is 232. The van der Waals surface area contributed by atoms with Crippen LogP contribution in [-0.4, -0.2) is 17.7 Å². The molecule has 0 rings (SSSR count). The quantitative estimate of drug-likeness (QED) is 0.564. The number of hydrogen-bond donors (Lipinski definition) is 1. The van der Waals surface area contributed by atoms with Gasteiger partial charge in [0.2, 0.25) is 5.91 Å². The minimum Gasteiger partial charge on any atom is -0.346 e. The molecule has 1 atom stereocenters. The van der Waals surface area contributed by atoms with Gasteiger partial charge in [0.1, 0.15) is 0 Å². The summed E-state index contributed by atoms with van der Waals surface area (Å²) in [5.74, 6) is 0.0837. The first kappa shape index (κ1) is 14.1. The van der Waals surface area contributed by atoms with E-state index in [4.69, 9.17) is 0 Å². The monoisotopic (exact) mass is 216 g/mol. The van der Waals surface area contributed by atoms with Crippen LogP contribution in [0.3, 0.4) is 0 Å². The molecular formula is C12H23NO2. The number of nitrogens with one attached hydrogen (secondary N) is 1. The Balaban J connectivity index is 4.56. The lowest BCUT2D eigenvalue weighted by Crippen LogP contribution is -2.47. The van der Waals surface area contributed by atoms with Gasteiger partial charge in [0.05, 0.1) is 6.04 Å². The molecule has 0 aromatic heterocycles. The van der Waals surface area contributed by atoms with Crippen LogP contribution >= 0.6 is 0 Å². The molecule has 0 bridgehead atoms. The van der Waals surface area contributed by atoms with Gasteiger partial charge in [0.15, 0.2) is 5.78 Å². The second-order valence-electron chi connectivity index (χ2n) is 4.94. The number of Topliss-reactive ketones (excluding diaryl/α,β-unsaturated/α-hetero) is 1. The summed E-state index contributed by atoms with van der Waals surface area (Å²) in [4.78, 5) is 23.3. The number of rotatable bonds is 5. The zero-order valence-electron chi connectivity index (χ0n) is 10.6. The summed E-state index contributed by atoms with van der Waals surface area (Å²) in [6.07, 6.45) is 0. The van der Waals surface area contributed by atoms with E-state index >= 15 is 0 Å². The van der Waals surface area contributed by atoms with E-state index in [2.05, 4.69) is 5.32 Å². The van der Waals surface area contributed by atoms with Crippen LogP contribution in [0.15, 0.2) is 0 Å². The fourth-order valence-electron chi connectivity index (χ4n) is 1.25. The second kappa shape index (κ2) is 5.89. The van der Waals surface area contributed by atoms with Crippen molar-refractivity contribution in [2.45, 2.75) is 47.6 Å². The van der Waals surface area contributed by atoms with E-state index in [0.717, 1.165) is 0 Å². The van der Waals surface area contributed by atoms with Crippen LogP contribution in [0, 0.1) is 17.8 Å². The zero-order chi connectivity index (χ0) is 12.2. The van der Waals surface area contributed by atoms with Crippen LogP contribution in [0.25, 0.3) is 0 Å². The van der Waals surface area contributed by atoms with Crippen molar-refractivity contribution in [3.63, 3.8) is 0 Å². The van der Waals surface area contributed by atoms with Crippen LogP contribution < -0.4 is 5.32 Å². The molecule has 0 aromatic carbocycles. The molecule has 15 heavy (non-hydrogen) atoms. The Morgan fingerprint density at radius 3 is 1.73 bits per heavy atom. The molecule has 88 valence electrons. The molecule has 0 aliphatic carbocycles. The third-order valence-corrected chi connectivity index (χ3v) is 2.36. The predicted octanol–water partition coefficient (Wildman–Crippen LogP) is 2.01. The van der Waals surface area contributed by atoms with E-state index in [0.29, 0.717) is 0 Å². The molecule has 0 aliphatic rings.